The molecule has 194 valence electrons. The van der Waals surface area contributed by atoms with E-state index < -0.39 is 51.8 Å². The predicted octanol–water partition coefficient (Wildman–Crippen LogP) is 2.72. The molecule has 3 rings (SSSR count). The molecule has 1 N–H and O–H groups in total. The molecular formula is C25H29NO9S. The second-order valence-corrected chi connectivity index (χ2v) is 10.8. The first-order valence-electron chi connectivity index (χ1n) is 11.2. The van der Waals surface area contributed by atoms with Crippen LogP contribution in [-0.4, -0.2) is 68.3 Å². The fourth-order valence-corrected chi connectivity index (χ4v) is 4.83. The van der Waals surface area contributed by atoms with Crippen molar-refractivity contribution in [1.29, 1.82) is 0 Å². The van der Waals surface area contributed by atoms with Crippen LogP contribution in [0.2, 0.25) is 0 Å². The molecule has 36 heavy (non-hydrogen) atoms. The Hall–Kier alpha value is -3.28. The third kappa shape index (κ3) is 6.48. The molecule has 0 fully saturated rings. The lowest BCUT2D eigenvalue weighted by molar-refractivity contribution is -0.162. The number of amides is 2. The van der Waals surface area contributed by atoms with Crippen molar-refractivity contribution >= 4 is 27.9 Å². The van der Waals surface area contributed by atoms with Gasteiger partial charge in [0.05, 0.1) is 37.2 Å². The molecule has 2 amide bonds. The molecule has 10 nitrogen and oxygen atoms in total. The number of imide groups is 1. The van der Waals surface area contributed by atoms with Gasteiger partial charge in [-0.2, -0.15) is 8.42 Å². The van der Waals surface area contributed by atoms with Gasteiger partial charge in [0, 0.05) is 12.0 Å². The molecule has 1 heterocycles. The minimum absolute atomic E-state index is 0.00256. The molecule has 1 unspecified atom stereocenters. The number of carbonyl (C=O) groups excluding carboxylic acids is 2. The maximum absolute atomic E-state index is 12.5. The van der Waals surface area contributed by atoms with E-state index in [4.69, 9.17) is 13.7 Å². The highest BCUT2D eigenvalue weighted by Crippen LogP contribution is 2.27. The Kier molecular flexibility index (Phi) is 8.49. The molecule has 2 aromatic rings. The standard InChI is InChI=1S/C25H29NO9S/c1-25(2,21(24(29)30)34-15-17-9-11-18(33-3)12-10-17)16-35-36(31,32)14-6-13-26-22(27)19-7-4-5-8-20(19)23(26)28/h4-5,7-12,21H,6,13-16H2,1-3H3,(H,29,30). The van der Waals surface area contributed by atoms with E-state index in [2.05, 4.69) is 0 Å². The van der Waals surface area contributed by atoms with Gasteiger partial charge in [0.25, 0.3) is 21.9 Å². The van der Waals surface area contributed by atoms with Crippen molar-refractivity contribution in [1.82, 2.24) is 4.90 Å². The molecule has 1 atom stereocenters. The molecule has 0 saturated heterocycles. The lowest BCUT2D eigenvalue weighted by atomic mass is 9.87. The number of fused-ring (bicyclic) bond motifs is 1. The van der Waals surface area contributed by atoms with Crippen molar-refractivity contribution in [3.63, 3.8) is 0 Å². The summed E-state index contributed by atoms with van der Waals surface area (Å²) in [5, 5.41) is 9.67. The average Bonchev–Trinajstić information content (AvgIpc) is 3.08. The molecule has 0 spiro atoms. The number of hydrogen-bond acceptors (Lipinski definition) is 8. The van der Waals surface area contributed by atoms with Gasteiger partial charge in [-0.25, -0.2) is 4.79 Å². The Morgan fingerprint density at radius 2 is 1.61 bits per heavy atom. The zero-order valence-electron chi connectivity index (χ0n) is 20.3. The number of carbonyl (C=O) groups is 3. The van der Waals surface area contributed by atoms with Crippen LogP contribution in [0.15, 0.2) is 48.5 Å². The Morgan fingerprint density at radius 1 is 1.03 bits per heavy atom. The minimum atomic E-state index is -4.05. The van der Waals surface area contributed by atoms with E-state index in [1.165, 1.54) is 21.0 Å². The Morgan fingerprint density at radius 3 is 2.14 bits per heavy atom. The summed E-state index contributed by atoms with van der Waals surface area (Å²) in [6.07, 6.45) is -1.36. The van der Waals surface area contributed by atoms with E-state index in [1.54, 1.807) is 48.5 Å². The van der Waals surface area contributed by atoms with Crippen molar-refractivity contribution in [3.05, 3.63) is 65.2 Å². The molecule has 1 aliphatic heterocycles. The van der Waals surface area contributed by atoms with E-state index in [-0.39, 0.29) is 30.7 Å². The average molecular weight is 520 g/mol. The maximum Gasteiger partial charge on any atom is 0.333 e. The molecular weight excluding hydrogens is 490 g/mol. The molecule has 0 saturated carbocycles. The van der Waals surface area contributed by atoms with Crippen molar-refractivity contribution < 1.29 is 41.6 Å². The molecule has 0 radical (unpaired) electrons. The Bertz CT molecular complexity index is 1190. The summed E-state index contributed by atoms with van der Waals surface area (Å²) in [6.45, 7) is 2.56. The number of rotatable bonds is 13. The summed E-state index contributed by atoms with van der Waals surface area (Å²) >= 11 is 0. The molecule has 0 aromatic heterocycles. The fraction of sp³-hybridized carbons (Fsp3) is 0.400. The van der Waals surface area contributed by atoms with Crippen LogP contribution in [-0.2, 0) is 30.4 Å². The topological polar surface area (TPSA) is 137 Å². The Labute approximate surface area is 209 Å². The summed E-state index contributed by atoms with van der Waals surface area (Å²) < 4.78 is 40.7. The SMILES string of the molecule is COc1ccc(COC(C(=O)O)C(C)(C)COS(=O)(=O)CCCN2C(=O)c3ccccc3C2=O)cc1. The third-order valence-electron chi connectivity index (χ3n) is 5.77. The van der Waals surface area contributed by atoms with E-state index in [0.29, 0.717) is 5.75 Å². The maximum atomic E-state index is 12.5. The quantitative estimate of drug-likeness (QED) is 0.313. The molecule has 2 aromatic carbocycles. The highest BCUT2D eigenvalue weighted by molar-refractivity contribution is 7.86. The van der Waals surface area contributed by atoms with Crippen LogP contribution in [0, 0.1) is 5.41 Å². The first kappa shape index (κ1) is 27.3. The van der Waals surface area contributed by atoms with Crippen LogP contribution >= 0.6 is 0 Å². The number of methoxy groups -OCH3 is 1. The monoisotopic (exact) mass is 519 g/mol. The minimum Gasteiger partial charge on any atom is -0.497 e. The van der Waals surface area contributed by atoms with Gasteiger partial charge < -0.3 is 14.6 Å². The number of ether oxygens (including phenoxy) is 2. The van der Waals surface area contributed by atoms with Crippen LogP contribution in [0.5, 0.6) is 5.75 Å². The van der Waals surface area contributed by atoms with Crippen molar-refractivity contribution in [2.45, 2.75) is 33.0 Å². The van der Waals surface area contributed by atoms with Gasteiger partial charge in [0.1, 0.15) is 5.75 Å². The lowest BCUT2D eigenvalue weighted by Gasteiger charge is -2.30. The largest absolute Gasteiger partial charge is 0.497 e. The highest BCUT2D eigenvalue weighted by Gasteiger charge is 2.38. The second-order valence-electron chi connectivity index (χ2n) is 9.05. The lowest BCUT2D eigenvalue weighted by Crippen LogP contribution is -2.42. The zero-order chi connectivity index (χ0) is 26.5. The second kappa shape index (κ2) is 11.2. The third-order valence-corrected chi connectivity index (χ3v) is 7.04. The van der Waals surface area contributed by atoms with Gasteiger partial charge in [-0.05, 0) is 36.2 Å². The first-order valence-corrected chi connectivity index (χ1v) is 12.8. The van der Waals surface area contributed by atoms with Crippen molar-refractivity contribution in [2.75, 3.05) is 26.0 Å². The molecule has 0 aliphatic carbocycles. The van der Waals surface area contributed by atoms with E-state index >= 15 is 0 Å². The normalized spacial score (nSPS) is 14.6. The number of nitrogens with zero attached hydrogens (tertiary/aromatic N) is 1. The van der Waals surface area contributed by atoms with Gasteiger partial charge in [-0.1, -0.05) is 38.1 Å². The van der Waals surface area contributed by atoms with Crippen LogP contribution in [0.4, 0.5) is 0 Å². The summed E-state index contributed by atoms with van der Waals surface area (Å²) in [5.74, 6) is -1.97. The smallest absolute Gasteiger partial charge is 0.333 e. The van der Waals surface area contributed by atoms with Crippen molar-refractivity contribution in [2.24, 2.45) is 5.41 Å². The van der Waals surface area contributed by atoms with E-state index in [1.807, 2.05) is 0 Å². The van der Waals surface area contributed by atoms with Gasteiger partial charge in [0.2, 0.25) is 0 Å². The van der Waals surface area contributed by atoms with Crippen LogP contribution in [0.3, 0.4) is 0 Å². The number of aliphatic carboxylic acids is 1. The van der Waals surface area contributed by atoms with Gasteiger partial charge in [0.15, 0.2) is 6.10 Å². The summed E-state index contributed by atoms with van der Waals surface area (Å²) in [6, 6.07) is 13.3. The van der Waals surface area contributed by atoms with E-state index in [9.17, 15) is 27.9 Å². The number of benzene rings is 2. The number of hydrogen-bond donors (Lipinski definition) is 1. The van der Waals surface area contributed by atoms with Crippen LogP contribution < -0.4 is 4.74 Å². The Balaban J connectivity index is 1.52. The first-order chi connectivity index (χ1) is 16.9. The zero-order valence-corrected chi connectivity index (χ0v) is 21.1. The number of carboxylic acids is 1. The fourth-order valence-electron chi connectivity index (χ4n) is 3.75. The van der Waals surface area contributed by atoms with Crippen LogP contribution in [0.25, 0.3) is 0 Å². The summed E-state index contributed by atoms with van der Waals surface area (Å²) in [4.78, 5) is 37.7. The number of carboxylic acid groups (broad SMARTS) is 1. The van der Waals surface area contributed by atoms with Crippen molar-refractivity contribution in [3.8, 4) is 5.75 Å². The molecule has 11 heteroatoms. The summed E-state index contributed by atoms with van der Waals surface area (Å²) in [7, 11) is -2.52. The molecule has 1 aliphatic rings. The predicted molar refractivity (Wildman–Crippen MR) is 129 cm³/mol. The van der Waals surface area contributed by atoms with E-state index in [0.717, 1.165) is 10.5 Å². The van der Waals surface area contributed by atoms with Gasteiger partial charge >= 0.3 is 5.97 Å². The summed E-state index contributed by atoms with van der Waals surface area (Å²) in [5.41, 5.74) is 0.114. The van der Waals surface area contributed by atoms with Gasteiger partial charge in [-0.3, -0.25) is 18.7 Å². The highest BCUT2D eigenvalue weighted by atomic mass is 32.2. The van der Waals surface area contributed by atoms with Gasteiger partial charge in [-0.15, -0.1) is 0 Å². The van der Waals surface area contributed by atoms with Crippen LogP contribution in [0.1, 0.15) is 46.5 Å². The molecule has 0 bridgehead atoms.